The third-order valence-electron chi connectivity index (χ3n) is 5.38. The van der Waals surface area contributed by atoms with Crippen LogP contribution in [0.2, 0.25) is 0 Å². The summed E-state index contributed by atoms with van der Waals surface area (Å²) in [5.41, 5.74) is 7.16. The molecule has 180 valence electrons. The van der Waals surface area contributed by atoms with Crippen molar-refractivity contribution in [3.05, 3.63) is 89.5 Å². The Morgan fingerprint density at radius 1 is 0.886 bits per heavy atom. The van der Waals surface area contributed by atoms with E-state index in [2.05, 4.69) is 5.43 Å². The zero-order chi connectivity index (χ0) is 25.0. The van der Waals surface area contributed by atoms with Gasteiger partial charge in [0, 0.05) is 11.5 Å². The SMILES string of the molecule is O=Cc1ccc(N(NC(=O)OCC(Cl)(Cl)Cl)C(=O)OCC2c3ccccc3-c3ccccc32)cc1. The zero-order valence-electron chi connectivity index (χ0n) is 18.1. The minimum absolute atomic E-state index is 0.0284. The van der Waals surface area contributed by atoms with Crippen LogP contribution in [0.1, 0.15) is 27.4 Å². The van der Waals surface area contributed by atoms with Gasteiger partial charge in [0.1, 0.15) is 19.5 Å². The summed E-state index contributed by atoms with van der Waals surface area (Å²) < 4.78 is 8.68. The highest BCUT2D eigenvalue weighted by atomic mass is 35.6. The molecule has 0 spiro atoms. The van der Waals surface area contributed by atoms with Crippen molar-refractivity contribution in [3.63, 3.8) is 0 Å². The van der Waals surface area contributed by atoms with Crippen LogP contribution in [-0.4, -0.2) is 35.5 Å². The molecule has 1 aliphatic rings. The molecule has 0 saturated carbocycles. The normalized spacial score (nSPS) is 12.3. The molecule has 7 nitrogen and oxygen atoms in total. The first-order valence-corrected chi connectivity index (χ1v) is 11.6. The van der Waals surface area contributed by atoms with Crippen LogP contribution in [-0.2, 0) is 9.47 Å². The minimum atomic E-state index is -1.82. The van der Waals surface area contributed by atoms with E-state index in [1.165, 1.54) is 24.3 Å². The standard InChI is InChI=1S/C25H19Cl3N2O5/c26-25(27,28)15-35-23(32)29-30(17-11-9-16(13-31)10-12-17)24(33)34-14-22-20-7-3-1-5-18(20)19-6-2-4-8-21(19)22/h1-13,22H,14-15H2,(H,29,32). The summed E-state index contributed by atoms with van der Waals surface area (Å²) >= 11 is 16.9. The summed E-state index contributed by atoms with van der Waals surface area (Å²) in [5, 5.41) is 0.863. The molecular formula is C25H19Cl3N2O5. The maximum absolute atomic E-state index is 13.1. The maximum atomic E-state index is 13.1. The molecule has 0 aromatic heterocycles. The van der Waals surface area contributed by atoms with Gasteiger partial charge in [-0.05, 0) is 46.5 Å². The molecule has 10 heteroatoms. The number of carbonyl (C=O) groups excluding carboxylic acids is 3. The predicted molar refractivity (Wildman–Crippen MR) is 134 cm³/mol. The first-order valence-electron chi connectivity index (χ1n) is 10.5. The van der Waals surface area contributed by atoms with Crippen molar-refractivity contribution >= 4 is 59.0 Å². The fourth-order valence-electron chi connectivity index (χ4n) is 3.85. The number of fused-ring (bicyclic) bond motifs is 3. The molecular weight excluding hydrogens is 515 g/mol. The summed E-state index contributed by atoms with van der Waals surface area (Å²) in [4.78, 5) is 36.4. The first kappa shape index (κ1) is 24.9. The molecule has 0 unspecified atom stereocenters. The van der Waals surface area contributed by atoms with E-state index in [1.54, 1.807) is 0 Å². The summed E-state index contributed by atoms with van der Waals surface area (Å²) in [6.45, 7) is -0.507. The van der Waals surface area contributed by atoms with Gasteiger partial charge in [0.25, 0.3) is 0 Å². The first-order chi connectivity index (χ1) is 16.8. The van der Waals surface area contributed by atoms with Gasteiger partial charge in [0.15, 0.2) is 0 Å². The monoisotopic (exact) mass is 532 g/mol. The quantitative estimate of drug-likeness (QED) is 0.237. The number of hydrogen-bond donors (Lipinski definition) is 1. The molecule has 1 aliphatic carbocycles. The van der Waals surface area contributed by atoms with Gasteiger partial charge in [-0.1, -0.05) is 83.3 Å². The minimum Gasteiger partial charge on any atom is -0.447 e. The number of ether oxygens (including phenoxy) is 2. The van der Waals surface area contributed by atoms with Gasteiger partial charge >= 0.3 is 12.2 Å². The molecule has 1 N–H and O–H groups in total. The molecule has 35 heavy (non-hydrogen) atoms. The summed E-state index contributed by atoms with van der Waals surface area (Å²) in [6.07, 6.45) is -1.25. The molecule has 0 radical (unpaired) electrons. The lowest BCUT2D eigenvalue weighted by atomic mass is 9.98. The Morgan fingerprint density at radius 3 is 2.00 bits per heavy atom. The molecule has 4 rings (SSSR count). The average Bonchev–Trinajstić information content (AvgIpc) is 3.18. The topological polar surface area (TPSA) is 84.9 Å². The number of benzene rings is 3. The molecule has 0 aliphatic heterocycles. The van der Waals surface area contributed by atoms with Crippen molar-refractivity contribution < 1.29 is 23.9 Å². The second-order valence-corrected chi connectivity index (χ2v) is 10.2. The number of rotatable bonds is 5. The molecule has 0 bridgehead atoms. The van der Waals surface area contributed by atoms with E-state index < -0.39 is 22.6 Å². The van der Waals surface area contributed by atoms with Crippen molar-refractivity contribution in [1.29, 1.82) is 0 Å². The van der Waals surface area contributed by atoms with Crippen LogP contribution < -0.4 is 10.4 Å². The molecule has 0 heterocycles. The third kappa shape index (κ3) is 5.88. The van der Waals surface area contributed by atoms with Gasteiger partial charge in [-0.15, -0.1) is 0 Å². The van der Waals surface area contributed by atoms with Crippen LogP contribution in [0, 0.1) is 0 Å². The number of alkyl halides is 3. The molecule has 2 amide bonds. The average molecular weight is 534 g/mol. The van der Waals surface area contributed by atoms with E-state index >= 15 is 0 Å². The fourth-order valence-corrected chi connectivity index (χ4v) is 4.01. The molecule has 0 saturated heterocycles. The van der Waals surface area contributed by atoms with Crippen LogP contribution in [0.3, 0.4) is 0 Å². The second-order valence-electron chi connectivity index (χ2n) is 7.65. The molecule has 3 aromatic carbocycles. The Morgan fingerprint density at radius 2 is 1.46 bits per heavy atom. The summed E-state index contributed by atoms with van der Waals surface area (Å²) in [7, 11) is 0. The number of aldehydes is 1. The predicted octanol–water partition coefficient (Wildman–Crippen LogP) is 6.27. The highest BCUT2D eigenvalue weighted by Gasteiger charge is 2.31. The number of hydrazine groups is 1. The van der Waals surface area contributed by atoms with Crippen molar-refractivity contribution in [2.45, 2.75) is 9.71 Å². The lowest BCUT2D eigenvalue weighted by Crippen LogP contribution is -2.47. The Hall–Kier alpha value is -3.26. The van der Waals surface area contributed by atoms with E-state index in [0.717, 1.165) is 27.3 Å². The number of amides is 2. The number of carbonyl (C=O) groups is 3. The summed E-state index contributed by atoms with van der Waals surface area (Å²) in [6, 6.07) is 21.8. The van der Waals surface area contributed by atoms with Crippen molar-refractivity contribution in [1.82, 2.24) is 5.43 Å². The molecule has 3 aromatic rings. The van der Waals surface area contributed by atoms with Crippen LogP contribution >= 0.6 is 34.8 Å². The second kappa shape index (κ2) is 10.6. The van der Waals surface area contributed by atoms with E-state index in [9.17, 15) is 14.4 Å². The van der Waals surface area contributed by atoms with Crippen molar-refractivity contribution in [2.24, 2.45) is 0 Å². The third-order valence-corrected chi connectivity index (χ3v) is 5.70. The number of nitrogens with one attached hydrogen (secondary N) is 1. The molecule has 0 atom stereocenters. The summed E-state index contributed by atoms with van der Waals surface area (Å²) in [5.74, 6) is -0.179. The van der Waals surface area contributed by atoms with Crippen LogP contribution in [0.5, 0.6) is 0 Å². The van der Waals surface area contributed by atoms with E-state index in [4.69, 9.17) is 44.3 Å². The number of anilines is 1. The van der Waals surface area contributed by atoms with Gasteiger partial charge in [0.2, 0.25) is 3.79 Å². The van der Waals surface area contributed by atoms with E-state index in [1.807, 2.05) is 48.5 Å². The number of hydrogen-bond acceptors (Lipinski definition) is 5. The van der Waals surface area contributed by atoms with Gasteiger partial charge in [0.05, 0.1) is 5.69 Å². The number of halogens is 3. The Labute approximate surface area is 216 Å². The van der Waals surface area contributed by atoms with E-state index in [-0.39, 0.29) is 18.2 Å². The van der Waals surface area contributed by atoms with Crippen molar-refractivity contribution in [3.8, 4) is 11.1 Å². The highest BCUT2D eigenvalue weighted by Crippen LogP contribution is 2.44. The van der Waals surface area contributed by atoms with Crippen LogP contribution in [0.25, 0.3) is 11.1 Å². The smallest absolute Gasteiger partial charge is 0.433 e. The Kier molecular flexibility index (Phi) is 7.50. The van der Waals surface area contributed by atoms with Gasteiger partial charge in [-0.3, -0.25) is 4.79 Å². The van der Waals surface area contributed by atoms with Crippen LogP contribution in [0.4, 0.5) is 15.3 Å². The fraction of sp³-hybridized carbons (Fsp3) is 0.160. The lowest BCUT2D eigenvalue weighted by molar-refractivity contribution is 0.112. The zero-order valence-corrected chi connectivity index (χ0v) is 20.4. The largest absolute Gasteiger partial charge is 0.447 e. The Balaban J connectivity index is 1.53. The lowest BCUT2D eigenvalue weighted by Gasteiger charge is -2.24. The van der Waals surface area contributed by atoms with Crippen molar-refractivity contribution in [2.75, 3.05) is 18.2 Å². The van der Waals surface area contributed by atoms with Crippen LogP contribution in [0.15, 0.2) is 72.8 Å². The van der Waals surface area contributed by atoms with Gasteiger partial charge in [-0.25, -0.2) is 15.0 Å². The highest BCUT2D eigenvalue weighted by molar-refractivity contribution is 6.67. The molecule has 0 fully saturated rings. The van der Waals surface area contributed by atoms with E-state index in [0.29, 0.717) is 11.8 Å². The maximum Gasteiger partial charge on any atom is 0.433 e. The Bertz CT molecular complexity index is 1200. The number of nitrogens with zero attached hydrogens (tertiary/aromatic N) is 1. The van der Waals surface area contributed by atoms with Gasteiger partial charge < -0.3 is 9.47 Å². The van der Waals surface area contributed by atoms with Gasteiger partial charge in [-0.2, -0.15) is 5.01 Å².